The van der Waals surface area contributed by atoms with Crippen LogP contribution in [0.15, 0.2) is 46.9 Å². The summed E-state index contributed by atoms with van der Waals surface area (Å²) in [6, 6.07) is 14.1. The second-order valence-corrected chi connectivity index (χ2v) is 6.77. The Morgan fingerprint density at radius 3 is 2.61 bits per heavy atom. The third kappa shape index (κ3) is 3.27. The molecule has 4 heteroatoms. The topological polar surface area (TPSA) is 29.5 Å². The van der Waals surface area contributed by atoms with E-state index in [1.165, 1.54) is 0 Å². The number of amides is 1. The van der Waals surface area contributed by atoms with Crippen LogP contribution in [0.4, 0.5) is 5.69 Å². The lowest BCUT2D eigenvalue weighted by Gasteiger charge is -2.12. The van der Waals surface area contributed by atoms with Crippen molar-refractivity contribution >= 4 is 27.5 Å². The van der Waals surface area contributed by atoms with Crippen LogP contribution in [0, 0.1) is 0 Å². The Morgan fingerprint density at radius 2 is 1.91 bits per heavy atom. The van der Waals surface area contributed by atoms with Gasteiger partial charge in [-0.3, -0.25) is 4.79 Å². The summed E-state index contributed by atoms with van der Waals surface area (Å²) >= 11 is 3.50. The van der Waals surface area contributed by atoms with E-state index in [1.807, 2.05) is 43.4 Å². The minimum atomic E-state index is -0.116. The Balaban J connectivity index is 1.80. The third-order valence-corrected chi connectivity index (χ3v) is 4.68. The zero-order chi connectivity index (χ0) is 16.4. The normalized spacial score (nSPS) is 16.6. The lowest BCUT2D eigenvalue weighted by molar-refractivity contribution is -0.119. The zero-order valence-corrected chi connectivity index (χ0v) is 15.0. The van der Waals surface area contributed by atoms with Crippen molar-refractivity contribution in [2.75, 3.05) is 18.6 Å². The zero-order valence-electron chi connectivity index (χ0n) is 13.4. The molecule has 0 radical (unpaired) electrons. The van der Waals surface area contributed by atoms with Crippen LogP contribution in [0.2, 0.25) is 0 Å². The molecule has 1 aliphatic heterocycles. The highest BCUT2D eigenvalue weighted by Crippen LogP contribution is 2.39. The quantitative estimate of drug-likeness (QED) is 0.769. The predicted molar refractivity (Wildman–Crippen MR) is 96.2 cm³/mol. The molecule has 120 valence electrons. The van der Waals surface area contributed by atoms with E-state index in [2.05, 4.69) is 28.9 Å². The second kappa shape index (κ2) is 6.75. The SMILES string of the molecule is CCCOc1ccc(C[C@H]2C(=O)N(C)c3ccc(Br)cc32)cc1. The first-order chi connectivity index (χ1) is 11.1. The molecular formula is C19H20BrNO2. The van der Waals surface area contributed by atoms with Crippen LogP contribution in [0.5, 0.6) is 5.75 Å². The first-order valence-corrected chi connectivity index (χ1v) is 8.68. The number of hydrogen-bond acceptors (Lipinski definition) is 2. The van der Waals surface area contributed by atoms with Crippen LogP contribution >= 0.6 is 15.9 Å². The van der Waals surface area contributed by atoms with Crippen molar-refractivity contribution in [2.45, 2.75) is 25.7 Å². The van der Waals surface area contributed by atoms with Crippen LogP contribution < -0.4 is 9.64 Å². The highest BCUT2D eigenvalue weighted by atomic mass is 79.9. The van der Waals surface area contributed by atoms with E-state index in [0.29, 0.717) is 6.42 Å². The smallest absolute Gasteiger partial charge is 0.234 e. The number of anilines is 1. The molecule has 0 N–H and O–H groups in total. The number of rotatable bonds is 5. The Labute approximate surface area is 145 Å². The fraction of sp³-hybridized carbons (Fsp3) is 0.316. The molecule has 0 aliphatic carbocycles. The van der Waals surface area contributed by atoms with E-state index < -0.39 is 0 Å². The largest absolute Gasteiger partial charge is 0.494 e. The molecule has 0 fully saturated rings. The van der Waals surface area contributed by atoms with Gasteiger partial charge in [-0.2, -0.15) is 0 Å². The van der Waals surface area contributed by atoms with Crippen LogP contribution in [0.25, 0.3) is 0 Å². The van der Waals surface area contributed by atoms with Crippen molar-refractivity contribution in [3.63, 3.8) is 0 Å². The van der Waals surface area contributed by atoms with Crippen LogP contribution in [0.1, 0.15) is 30.4 Å². The Hall–Kier alpha value is -1.81. The maximum Gasteiger partial charge on any atom is 0.234 e. The van der Waals surface area contributed by atoms with Crippen LogP contribution in [-0.4, -0.2) is 19.6 Å². The van der Waals surface area contributed by atoms with Gasteiger partial charge in [0.2, 0.25) is 5.91 Å². The molecule has 1 amide bonds. The fourth-order valence-corrected chi connectivity index (χ4v) is 3.35. The summed E-state index contributed by atoms with van der Waals surface area (Å²) in [6.07, 6.45) is 1.71. The molecule has 1 atom stereocenters. The number of carbonyl (C=O) groups excluding carboxylic acids is 1. The van der Waals surface area contributed by atoms with Crippen LogP contribution in [-0.2, 0) is 11.2 Å². The minimum Gasteiger partial charge on any atom is -0.494 e. The summed E-state index contributed by atoms with van der Waals surface area (Å²) in [6.45, 7) is 2.82. The van der Waals surface area contributed by atoms with Crippen molar-refractivity contribution in [2.24, 2.45) is 0 Å². The van der Waals surface area contributed by atoms with Gasteiger partial charge in [0.15, 0.2) is 0 Å². The summed E-state index contributed by atoms with van der Waals surface area (Å²) < 4.78 is 6.62. The van der Waals surface area contributed by atoms with Crippen molar-refractivity contribution in [3.05, 3.63) is 58.1 Å². The average Bonchev–Trinajstić information content (AvgIpc) is 2.79. The van der Waals surface area contributed by atoms with Gasteiger partial charge >= 0.3 is 0 Å². The summed E-state index contributed by atoms with van der Waals surface area (Å²) in [5, 5.41) is 0. The highest BCUT2D eigenvalue weighted by molar-refractivity contribution is 9.10. The number of benzene rings is 2. The number of carbonyl (C=O) groups is 1. The van der Waals surface area contributed by atoms with Gasteiger partial charge in [0.05, 0.1) is 12.5 Å². The molecule has 3 nitrogen and oxygen atoms in total. The van der Waals surface area contributed by atoms with Gasteiger partial charge in [0.25, 0.3) is 0 Å². The van der Waals surface area contributed by atoms with Gasteiger partial charge in [0, 0.05) is 17.2 Å². The number of likely N-dealkylation sites (N-methyl/N-ethyl adjacent to an activating group) is 1. The van der Waals surface area contributed by atoms with Crippen molar-refractivity contribution < 1.29 is 9.53 Å². The number of halogens is 1. The molecule has 0 spiro atoms. The molecule has 0 unspecified atom stereocenters. The molecule has 1 aliphatic rings. The summed E-state index contributed by atoms with van der Waals surface area (Å²) in [5.74, 6) is 0.924. The summed E-state index contributed by atoms with van der Waals surface area (Å²) in [5.41, 5.74) is 3.25. The molecule has 0 aromatic heterocycles. The van der Waals surface area contributed by atoms with Gasteiger partial charge in [0.1, 0.15) is 5.75 Å². The molecule has 2 aromatic carbocycles. The second-order valence-electron chi connectivity index (χ2n) is 5.85. The number of fused-ring (bicyclic) bond motifs is 1. The van der Waals surface area contributed by atoms with E-state index in [4.69, 9.17) is 4.74 Å². The highest BCUT2D eigenvalue weighted by Gasteiger charge is 2.35. The first kappa shape index (κ1) is 16.1. The number of ether oxygens (including phenoxy) is 1. The van der Waals surface area contributed by atoms with Gasteiger partial charge < -0.3 is 9.64 Å². The predicted octanol–water partition coefficient (Wildman–Crippen LogP) is 4.54. The van der Waals surface area contributed by atoms with Gasteiger partial charge in [-0.25, -0.2) is 0 Å². The average molecular weight is 374 g/mol. The third-order valence-electron chi connectivity index (χ3n) is 4.19. The molecule has 0 bridgehead atoms. The molecule has 0 saturated carbocycles. The summed E-state index contributed by atoms with van der Waals surface area (Å²) in [7, 11) is 1.84. The lowest BCUT2D eigenvalue weighted by Crippen LogP contribution is -2.24. The van der Waals surface area contributed by atoms with E-state index in [-0.39, 0.29) is 11.8 Å². The Morgan fingerprint density at radius 1 is 1.17 bits per heavy atom. The summed E-state index contributed by atoms with van der Waals surface area (Å²) in [4.78, 5) is 14.3. The maximum atomic E-state index is 12.6. The lowest BCUT2D eigenvalue weighted by atomic mass is 9.93. The minimum absolute atomic E-state index is 0.116. The van der Waals surface area contributed by atoms with E-state index in [9.17, 15) is 4.79 Å². The first-order valence-electron chi connectivity index (χ1n) is 7.89. The van der Waals surface area contributed by atoms with E-state index in [1.54, 1.807) is 4.90 Å². The molecule has 1 heterocycles. The Kier molecular flexibility index (Phi) is 4.71. The molecule has 23 heavy (non-hydrogen) atoms. The van der Waals surface area contributed by atoms with Crippen molar-refractivity contribution in [1.29, 1.82) is 0 Å². The van der Waals surface area contributed by atoms with Gasteiger partial charge in [-0.1, -0.05) is 35.0 Å². The molecule has 0 saturated heterocycles. The van der Waals surface area contributed by atoms with Crippen molar-refractivity contribution in [3.8, 4) is 5.75 Å². The number of nitrogens with zero attached hydrogens (tertiary/aromatic N) is 1. The maximum absolute atomic E-state index is 12.6. The van der Waals surface area contributed by atoms with Gasteiger partial charge in [-0.15, -0.1) is 0 Å². The standard InChI is InChI=1S/C19H20BrNO2/c1-3-10-23-15-7-4-13(5-8-15)11-17-16-12-14(20)6-9-18(16)21(2)19(17)22/h4-9,12,17H,3,10-11H2,1-2H3/t17-/m1/s1. The van der Waals surface area contributed by atoms with Crippen LogP contribution in [0.3, 0.4) is 0 Å². The van der Waals surface area contributed by atoms with E-state index >= 15 is 0 Å². The van der Waals surface area contributed by atoms with Crippen molar-refractivity contribution in [1.82, 2.24) is 0 Å². The molecular weight excluding hydrogens is 354 g/mol. The van der Waals surface area contributed by atoms with Gasteiger partial charge in [-0.05, 0) is 54.3 Å². The molecule has 3 rings (SSSR count). The monoisotopic (exact) mass is 373 g/mol. The molecule has 2 aromatic rings. The van der Waals surface area contributed by atoms with E-state index in [0.717, 1.165) is 40.1 Å². The number of hydrogen-bond donors (Lipinski definition) is 0. The fourth-order valence-electron chi connectivity index (χ4n) is 2.97. The Bertz CT molecular complexity index is 712.